The summed E-state index contributed by atoms with van der Waals surface area (Å²) >= 11 is 12.1. The summed E-state index contributed by atoms with van der Waals surface area (Å²) in [7, 11) is 0. The smallest absolute Gasteiger partial charge is 0.419 e. The molecule has 3 aromatic rings. The Labute approximate surface area is 355 Å². The van der Waals surface area contributed by atoms with Crippen LogP contribution in [0.15, 0.2) is 48.7 Å². The van der Waals surface area contributed by atoms with Gasteiger partial charge in [0, 0.05) is 61.2 Å². The first-order valence-corrected chi connectivity index (χ1v) is 20.4. The highest BCUT2D eigenvalue weighted by atomic mass is 35.5. The van der Waals surface area contributed by atoms with Crippen molar-refractivity contribution in [2.75, 3.05) is 59.8 Å². The molecular weight excluding hydrogens is 823 g/mol. The Bertz CT molecular complexity index is 2290. The number of rotatable bonds is 12. The number of nitrogens with one attached hydrogen (secondary N) is 3. The second-order valence-corrected chi connectivity index (χ2v) is 16.5. The van der Waals surface area contributed by atoms with Crippen LogP contribution in [0.5, 0.6) is 5.75 Å². The highest BCUT2D eigenvalue weighted by Gasteiger charge is 2.55. The van der Waals surface area contributed by atoms with Gasteiger partial charge in [-0.15, -0.1) is 0 Å². The van der Waals surface area contributed by atoms with Crippen LogP contribution in [0.25, 0.3) is 0 Å². The van der Waals surface area contributed by atoms with Gasteiger partial charge in [0.05, 0.1) is 17.4 Å². The van der Waals surface area contributed by atoms with Crippen molar-refractivity contribution in [3.05, 3.63) is 70.5 Å². The number of anilines is 4. The average Bonchev–Trinajstić information content (AvgIpc) is 3.99. The number of imide groups is 1. The minimum Gasteiger partial charge on any atom is -0.492 e. The van der Waals surface area contributed by atoms with Crippen molar-refractivity contribution in [2.24, 2.45) is 0 Å². The van der Waals surface area contributed by atoms with Crippen LogP contribution in [0.1, 0.15) is 63.3 Å². The van der Waals surface area contributed by atoms with Crippen molar-refractivity contribution in [1.29, 1.82) is 5.26 Å². The molecule has 2 aromatic carbocycles. The maximum absolute atomic E-state index is 13.8. The molecule has 0 spiro atoms. The van der Waals surface area contributed by atoms with Gasteiger partial charge in [-0.2, -0.15) is 18.4 Å². The minimum absolute atomic E-state index is 0.0251. The standard InChI is InChI=1S/C41H43ClF3N9O5S/c1-4-24-17-28(54-38(60)53(37(58)39(54,2)3)29-21-30(41(43,44)45)32(22-46)47-23-29)5-7-33(24)59-16-15-51-11-13-52(14-12-51)40(9-10-40)36(57)49-27-19-25(42)18-26(20-27)48-31-6-8-34(55)50-35(31)56/h5,7,17-21,23,31,48H,4,6,8-16H2,1-3H3,(H,49,57)(H,50,55,56). The van der Waals surface area contributed by atoms with Crippen LogP contribution in [-0.4, -0.2) is 100.0 Å². The van der Waals surface area contributed by atoms with Gasteiger partial charge in [-0.3, -0.25) is 39.2 Å². The van der Waals surface area contributed by atoms with Crippen molar-refractivity contribution in [3.63, 3.8) is 0 Å². The third-order valence-electron chi connectivity index (χ3n) is 11.4. The molecule has 4 heterocycles. The van der Waals surface area contributed by atoms with Crippen LogP contribution in [-0.2, 0) is 31.8 Å². The number of aromatic nitrogens is 1. The predicted octanol–water partition coefficient (Wildman–Crippen LogP) is 5.49. The molecule has 1 atom stereocenters. The number of alkyl halides is 3. The maximum Gasteiger partial charge on any atom is 0.419 e. The number of hydrogen-bond donors (Lipinski definition) is 3. The van der Waals surface area contributed by atoms with Crippen molar-refractivity contribution >= 4 is 75.3 Å². The van der Waals surface area contributed by atoms with Gasteiger partial charge in [0.2, 0.25) is 17.7 Å². The van der Waals surface area contributed by atoms with Crippen LogP contribution in [0.4, 0.5) is 35.9 Å². The second-order valence-electron chi connectivity index (χ2n) is 15.7. The first-order chi connectivity index (χ1) is 28.4. The van der Waals surface area contributed by atoms with Gasteiger partial charge in [0.25, 0.3) is 5.91 Å². The lowest BCUT2D eigenvalue weighted by Gasteiger charge is -2.39. The number of hydrogen-bond acceptors (Lipinski definition) is 11. The SMILES string of the molecule is CCc1cc(N2C(=S)N(c3cnc(C#N)c(C(F)(F)F)c3)C(=O)C2(C)C)ccc1OCCN1CCN(C2(C(=O)Nc3cc(Cl)cc(NC4CCC(=O)NC4=O)c3)CC2)CC1. The number of ether oxygens (including phenoxy) is 1. The molecule has 316 valence electrons. The number of piperazine rings is 1. The Balaban J connectivity index is 0.932. The number of carbonyl (C=O) groups is 4. The summed E-state index contributed by atoms with van der Waals surface area (Å²) in [5.41, 5.74) is -1.62. The molecule has 3 saturated heterocycles. The molecule has 1 aromatic heterocycles. The molecule has 0 bridgehead atoms. The molecule has 7 rings (SSSR count). The number of thiocarbonyl (C=S) groups is 1. The maximum atomic E-state index is 13.8. The van der Waals surface area contributed by atoms with E-state index in [0.717, 1.165) is 48.7 Å². The zero-order valence-corrected chi connectivity index (χ0v) is 34.7. The van der Waals surface area contributed by atoms with E-state index in [9.17, 15) is 37.6 Å². The van der Waals surface area contributed by atoms with Gasteiger partial charge in [-0.25, -0.2) is 4.98 Å². The Morgan fingerprint density at radius 2 is 1.78 bits per heavy atom. The van der Waals surface area contributed by atoms with E-state index in [1.54, 1.807) is 49.1 Å². The fraction of sp³-hybridized carbons (Fsp3) is 0.439. The number of aryl methyl sites for hydroxylation is 1. The Kier molecular flexibility index (Phi) is 11.8. The van der Waals surface area contributed by atoms with E-state index >= 15 is 0 Å². The lowest BCUT2D eigenvalue weighted by atomic mass is 10.0. The fourth-order valence-corrected chi connectivity index (χ4v) is 8.73. The van der Waals surface area contributed by atoms with Gasteiger partial charge in [0.1, 0.15) is 35.5 Å². The Morgan fingerprint density at radius 1 is 1.07 bits per heavy atom. The molecule has 1 saturated carbocycles. The number of carbonyl (C=O) groups excluding carboxylic acids is 4. The molecule has 14 nitrogen and oxygen atoms in total. The van der Waals surface area contributed by atoms with Crippen molar-refractivity contribution in [3.8, 4) is 11.8 Å². The summed E-state index contributed by atoms with van der Waals surface area (Å²) in [6, 6.07) is 12.0. The number of piperidine rings is 1. The van der Waals surface area contributed by atoms with E-state index in [-0.39, 0.29) is 29.0 Å². The van der Waals surface area contributed by atoms with E-state index in [4.69, 9.17) is 28.6 Å². The van der Waals surface area contributed by atoms with Gasteiger partial charge in [0.15, 0.2) is 10.8 Å². The summed E-state index contributed by atoms with van der Waals surface area (Å²) in [6.45, 7) is 9.14. The predicted molar refractivity (Wildman–Crippen MR) is 222 cm³/mol. The molecular formula is C41H43ClF3N9O5S. The van der Waals surface area contributed by atoms with Crippen LogP contribution in [0, 0.1) is 11.3 Å². The van der Waals surface area contributed by atoms with Crippen LogP contribution >= 0.6 is 23.8 Å². The monoisotopic (exact) mass is 865 g/mol. The molecule has 0 radical (unpaired) electrons. The molecule has 3 N–H and O–H groups in total. The zero-order chi connectivity index (χ0) is 43.1. The molecule has 3 aliphatic heterocycles. The lowest BCUT2D eigenvalue weighted by Crippen LogP contribution is -2.55. The first kappa shape index (κ1) is 42.8. The van der Waals surface area contributed by atoms with E-state index in [1.807, 2.05) is 13.0 Å². The normalized spacial score (nSPS) is 20.5. The Morgan fingerprint density at radius 3 is 2.43 bits per heavy atom. The summed E-state index contributed by atoms with van der Waals surface area (Å²) in [4.78, 5) is 61.9. The second kappa shape index (κ2) is 16.6. The van der Waals surface area contributed by atoms with Gasteiger partial charge < -0.3 is 20.3 Å². The van der Waals surface area contributed by atoms with Gasteiger partial charge in [-0.1, -0.05) is 18.5 Å². The van der Waals surface area contributed by atoms with Crippen molar-refractivity contribution < 1.29 is 37.1 Å². The minimum atomic E-state index is -4.86. The summed E-state index contributed by atoms with van der Waals surface area (Å²) < 4.78 is 47.5. The average molecular weight is 866 g/mol. The highest BCUT2D eigenvalue weighted by molar-refractivity contribution is 7.81. The van der Waals surface area contributed by atoms with Crippen molar-refractivity contribution in [2.45, 2.75) is 76.2 Å². The molecule has 1 unspecified atom stereocenters. The molecule has 19 heteroatoms. The molecule has 4 fully saturated rings. The lowest BCUT2D eigenvalue weighted by molar-refractivity contribution is -0.138. The van der Waals surface area contributed by atoms with Gasteiger partial charge >= 0.3 is 6.18 Å². The number of benzene rings is 2. The number of amides is 4. The van der Waals surface area contributed by atoms with Crippen LogP contribution < -0.4 is 30.5 Å². The number of nitrogens with zero attached hydrogens (tertiary/aromatic N) is 6. The van der Waals surface area contributed by atoms with E-state index < -0.39 is 46.4 Å². The van der Waals surface area contributed by atoms with Crippen molar-refractivity contribution in [1.82, 2.24) is 20.1 Å². The first-order valence-electron chi connectivity index (χ1n) is 19.6. The van der Waals surface area contributed by atoms with Crippen LogP contribution in [0.2, 0.25) is 5.02 Å². The van der Waals surface area contributed by atoms with E-state index in [0.29, 0.717) is 66.9 Å². The summed E-state index contributed by atoms with van der Waals surface area (Å²) in [6.07, 6.45) is -1.18. The fourth-order valence-electron chi connectivity index (χ4n) is 7.97. The van der Waals surface area contributed by atoms with Gasteiger partial charge in [-0.05, 0) is 99.8 Å². The number of halogens is 4. The number of pyridine rings is 1. The highest BCUT2D eigenvalue weighted by Crippen LogP contribution is 2.44. The Hall–Kier alpha value is -5.35. The zero-order valence-electron chi connectivity index (χ0n) is 33.1. The molecule has 1 aliphatic carbocycles. The molecule has 4 amide bonds. The third kappa shape index (κ3) is 8.49. The summed E-state index contributed by atoms with van der Waals surface area (Å²) in [5.74, 6) is -0.710. The third-order valence-corrected chi connectivity index (χ3v) is 12.0. The molecule has 60 heavy (non-hydrogen) atoms. The topological polar surface area (TPSA) is 163 Å². The van der Waals surface area contributed by atoms with E-state index in [2.05, 4.69) is 30.7 Å². The van der Waals surface area contributed by atoms with Crippen LogP contribution in [0.3, 0.4) is 0 Å². The quantitative estimate of drug-likeness (QED) is 0.155. The summed E-state index contributed by atoms with van der Waals surface area (Å²) in [5, 5.41) is 18.0. The van der Waals surface area contributed by atoms with E-state index in [1.165, 1.54) is 6.07 Å². The molecule has 4 aliphatic rings. The largest absolute Gasteiger partial charge is 0.492 e. The number of nitriles is 1.